The summed E-state index contributed by atoms with van der Waals surface area (Å²) in [5, 5.41) is 10.5. The molecule has 1 N–H and O–H groups in total. The molecule has 0 aliphatic carbocycles. The average molecular weight is 1530 g/mol. The second kappa shape index (κ2) is 53.9. The lowest BCUT2D eigenvalue weighted by Gasteiger charge is -2.38. The van der Waals surface area contributed by atoms with Crippen LogP contribution in [0.5, 0.6) is 0 Å². The molecule has 17 nitrogen and oxygen atoms in total. The lowest BCUT2D eigenvalue weighted by molar-refractivity contribution is -0.193. The molecule has 0 spiro atoms. The zero-order valence-electron chi connectivity index (χ0n) is 69.4. The number of allylic oxidation sites excluding steroid dienone is 16. The predicted octanol–water partition coefficient (Wildman–Crippen LogP) is 19.9. The van der Waals surface area contributed by atoms with Crippen LogP contribution in [0.25, 0.3) is 0 Å². The van der Waals surface area contributed by atoms with Crippen LogP contribution in [-0.2, 0) is 76.2 Å². The van der Waals surface area contributed by atoms with E-state index >= 15 is 0 Å². The van der Waals surface area contributed by atoms with E-state index in [1.54, 1.807) is 0 Å². The number of cyclic esters (lactones) is 3. The third-order valence-corrected chi connectivity index (χ3v) is 22.6. The van der Waals surface area contributed by atoms with Crippen LogP contribution in [0.3, 0.4) is 0 Å². The Labute approximate surface area is 662 Å². The van der Waals surface area contributed by atoms with Crippen molar-refractivity contribution in [1.29, 1.82) is 0 Å². The Balaban J connectivity index is 0.000000285. The molecule has 0 aromatic rings. The summed E-state index contributed by atoms with van der Waals surface area (Å²) in [6, 6.07) is 0. The van der Waals surface area contributed by atoms with Crippen molar-refractivity contribution in [2.45, 2.75) is 374 Å². The molecule has 0 aromatic heterocycles. The van der Waals surface area contributed by atoms with E-state index in [4.69, 9.17) is 61.8 Å². The highest BCUT2D eigenvalue weighted by molar-refractivity contribution is 5.71. The molecule has 9 heterocycles. The van der Waals surface area contributed by atoms with Gasteiger partial charge in [-0.1, -0.05) is 203 Å². The van der Waals surface area contributed by atoms with E-state index in [9.17, 15) is 19.5 Å². The van der Waals surface area contributed by atoms with E-state index in [1.807, 2.05) is 60.8 Å². The number of rotatable bonds is 13. The lowest BCUT2D eigenvalue weighted by Crippen LogP contribution is -2.40. The Morgan fingerprint density at radius 2 is 0.673 bits per heavy atom. The molecule has 24 atom stereocenters. The SMILES string of the molecule is CC/C(C)=C/C=C\C=C\C1OC(=O)CC2C[C@H](C)CC(CC3CCC[C@H](C[C@@H](C)/C=C/[C@@H]1C)O3)O2.CC/C(C)=C/C=C\C=C\C1OC(=O)CC2C[C@H](O)CC(CC3CCC[C@H](C[C@@H](C)/C=C/[C@@H]1C)O3)O2.CCCCC=C/C=C/C1OC(=O)CC2C[C@H](C)CC(CC3CCC[C@H](C[C@@H](C)/C=C/[C@@H]1C)O3)O2.O=C=O.O=C=O. The van der Waals surface area contributed by atoms with Crippen LogP contribution in [-0.4, -0.2) is 133 Å². The smallest absolute Gasteiger partial charge is 0.373 e. The van der Waals surface area contributed by atoms with E-state index in [-0.39, 0.29) is 134 Å². The summed E-state index contributed by atoms with van der Waals surface area (Å²) in [4.78, 5) is 71.3. The van der Waals surface area contributed by atoms with E-state index in [0.717, 1.165) is 122 Å². The summed E-state index contributed by atoms with van der Waals surface area (Å²) in [5.74, 6) is 1.98. The van der Waals surface area contributed by atoms with Gasteiger partial charge in [-0.25, -0.2) is 0 Å². The summed E-state index contributed by atoms with van der Waals surface area (Å²) < 4.78 is 56.5. The molecule has 6 fully saturated rings. The van der Waals surface area contributed by atoms with E-state index in [0.29, 0.717) is 67.5 Å². The molecule has 17 heteroatoms. The fourth-order valence-electron chi connectivity index (χ4n) is 16.4. The summed E-state index contributed by atoms with van der Waals surface area (Å²) in [6.45, 7) is 28.4. The number of aliphatic hydroxyl groups is 1. The van der Waals surface area contributed by atoms with Gasteiger partial charge in [-0.2, -0.15) is 19.2 Å². The number of unbranched alkanes of at least 4 members (excludes halogenated alkanes) is 2. The maximum absolute atomic E-state index is 13.0. The first kappa shape index (κ1) is 94.6. The van der Waals surface area contributed by atoms with Gasteiger partial charge in [0, 0.05) is 24.2 Å². The number of hydrogen-bond donors (Lipinski definition) is 1. The molecular formula is C93H142O17. The van der Waals surface area contributed by atoms with Gasteiger partial charge in [-0.3, -0.25) is 14.4 Å². The van der Waals surface area contributed by atoms with E-state index in [1.165, 1.54) is 43.3 Å². The predicted molar refractivity (Wildman–Crippen MR) is 432 cm³/mol. The van der Waals surface area contributed by atoms with Crippen molar-refractivity contribution in [3.8, 4) is 0 Å². The number of aliphatic hydroxyl groups excluding tert-OH is 1. The minimum Gasteiger partial charge on any atom is -0.457 e. The Morgan fingerprint density at radius 1 is 0.382 bits per heavy atom. The van der Waals surface area contributed by atoms with Gasteiger partial charge in [-0.15, -0.1) is 0 Å². The summed E-state index contributed by atoms with van der Waals surface area (Å²) in [7, 11) is 0. The van der Waals surface area contributed by atoms with Crippen molar-refractivity contribution in [3.05, 3.63) is 133 Å². The molecule has 0 amide bonds. The molecule has 616 valence electrons. The topological polar surface area (TPSA) is 223 Å². The van der Waals surface area contributed by atoms with Crippen molar-refractivity contribution in [2.75, 3.05) is 0 Å². The fraction of sp³-hybridized carbons (Fsp3) is 0.710. The Morgan fingerprint density at radius 3 is 1.01 bits per heavy atom. The van der Waals surface area contributed by atoms with Gasteiger partial charge < -0.3 is 47.7 Å². The van der Waals surface area contributed by atoms with Gasteiger partial charge in [-0.05, 0) is 209 Å². The summed E-state index contributed by atoms with van der Waals surface area (Å²) in [5.41, 5.74) is 2.65. The number of ether oxygens (including phenoxy) is 9. The molecule has 0 saturated carbocycles. The third kappa shape index (κ3) is 39.2. The van der Waals surface area contributed by atoms with Crippen molar-refractivity contribution in [1.82, 2.24) is 0 Å². The summed E-state index contributed by atoms with van der Waals surface area (Å²) >= 11 is 0. The quantitative estimate of drug-likeness (QED) is 0.0595. The zero-order chi connectivity index (χ0) is 80.2. The van der Waals surface area contributed by atoms with Crippen LogP contribution in [0.4, 0.5) is 0 Å². The van der Waals surface area contributed by atoms with Crippen molar-refractivity contribution in [3.63, 3.8) is 0 Å². The number of carbonyl (C=O) groups is 3. The van der Waals surface area contributed by atoms with Gasteiger partial charge in [0.1, 0.15) is 18.3 Å². The monoisotopic (exact) mass is 1530 g/mol. The molecule has 12 unspecified atom stereocenters. The minimum absolute atomic E-state index is 0.0394. The second-order valence-electron chi connectivity index (χ2n) is 33.3. The molecule has 110 heavy (non-hydrogen) atoms. The van der Waals surface area contributed by atoms with Crippen LogP contribution in [0.15, 0.2) is 133 Å². The van der Waals surface area contributed by atoms with Gasteiger partial charge in [0.15, 0.2) is 0 Å². The first-order valence-corrected chi connectivity index (χ1v) is 42.5. The number of fused-ring (bicyclic) bond motifs is 12. The van der Waals surface area contributed by atoms with Crippen LogP contribution in [0, 0.1) is 47.3 Å². The van der Waals surface area contributed by atoms with Gasteiger partial charge in [0.2, 0.25) is 0 Å². The highest BCUT2D eigenvalue weighted by Gasteiger charge is 2.38. The molecule has 12 bridgehead atoms. The van der Waals surface area contributed by atoms with Crippen molar-refractivity contribution >= 4 is 30.2 Å². The normalized spacial score (nSPS) is 37.1. The Kier molecular flexibility index (Phi) is 46.4. The van der Waals surface area contributed by atoms with Crippen LogP contribution in [0.2, 0.25) is 0 Å². The molecule has 0 radical (unpaired) electrons. The van der Waals surface area contributed by atoms with Crippen LogP contribution < -0.4 is 0 Å². The first-order valence-electron chi connectivity index (χ1n) is 42.5. The van der Waals surface area contributed by atoms with E-state index in [2.05, 4.69) is 151 Å². The number of hydrogen-bond acceptors (Lipinski definition) is 17. The third-order valence-electron chi connectivity index (χ3n) is 22.6. The lowest BCUT2D eigenvalue weighted by atomic mass is 9.88. The molecule has 9 aliphatic rings. The van der Waals surface area contributed by atoms with Crippen molar-refractivity contribution < 1.29 is 81.3 Å². The van der Waals surface area contributed by atoms with Gasteiger partial charge >= 0.3 is 30.2 Å². The zero-order valence-corrected chi connectivity index (χ0v) is 69.4. The molecular weight excluding hydrogens is 1390 g/mol. The second-order valence-corrected chi connectivity index (χ2v) is 33.3. The minimum atomic E-state index is -0.452. The van der Waals surface area contributed by atoms with Crippen LogP contribution in [0.1, 0.15) is 276 Å². The Bertz CT molecular complexity index is 2920. The average Bonchev–Trinajstić information content (AvgIpc) is 0.854. The summed E-state index contributed by atoms with van der Waals surface area (Å²) in [6.07, 6.45) is 70.0. The molecule has 9 aliphatic heterocycles. The number of esters is 3. The Hall–Kier alpha value is -5.97. The largest absolute Gasteiger partial charge is 0.457 e. The fourth-order valence-corrected chi connectivity index (χ4v) is 16.4. The van der Waals surface area contributed by atoms with Gasteiger partial charge in [0.05, 0.1) is 98.6 Å². The van der Waals surface area contributed by atoms with Gasteiger partial charge in [0.25, 0.3) is 0 Å². The maximum Gasteiger partial charge on any atom is 0.373 e. The maximum atomic E-state index is 13.0. The highest BCUT2D eigenvalue weighted by atomic mass is 16.6. The first-order chi connectivity index (χ1) is 52.9. The van der Waals surface area contributed by atoms with Crippen molar-refractivity contribution in [2.24, 2.45) is 47.3 Å². The standard InChI is InChI=1S/C31H48O4.C30H46O5.C30H48O4.2CO2/c1-6-22(2)11-8-7-9-14-30-25(5)16-15-23(3)17-26-12-10-13-27(33-26)20-28-18-24(4)19-29(34-28)21-31(32)35-30;1-5-21(2)10-7-6-8-13-29-23(4)15-14-22(3)16-25-11-9-12-26(33-25)19-27-17-24(31)18-28(34-27)20-30(32)35-29;1-5-6-7-8-9-10-14-29-24(4)16-15-22(2)17-25-12-11-13-26(32-25)20-27-18-23(3)19-28(33-27)21-30(31)34-29;2*2-1-3/h7-9,11,14-16,23-30H,6,10,12-13,17-21H2,1-5H3;6-8,10,13-15,22-29,31H,5,9,11-12,16-20H2,1-4H3;8-10,14-16,22-29H,5-7,11-13,17-21H2,1-4H3;;/b8-7-,14-9+,16-15+,22-11+;7-6-,13-8+,15-14+,21-10+;9-8?,14-10+,16-15+;;/t23-,24+,25-,26+,27?,28?,29?,30?;22-,23-,24+,25+,26?,27?,28?,29?;22-,23+,24-,25+,26?,27?,28?,29?;;/m000../s1. The molecule has 6 saturated heterocycles. The molecule has 9 rings (SSSR count). The van der Waals surface area contributed by atoms with E-state index < -0.39 is 6.10 Å². The highest BCUT2D eigenvalue weighted by Crippen LogP contribution is 2.38. The van der Waals surface area contributed by atoms with Crippen LogP contribution >= 0.6 is 0 Å². The molecule has 0 aromatic carbocycles. The number of carbonyl (C=O) groups excluding carboxylic acids is 7.